The number of piperazine rings is 1. The van der Waals surface area contributed by atoms with Crippen molar-refractivity contribution in [1.82, 2.24) is 25.2 Å². The third-order valence-electron chi connectivity index (χ3n) is 8.21. The van der Waals surface area contributed by atoms with Gasteiger partial charge in [-0.05, 0) is 84.5 Å². The van der Waals surface area contributed by atoms with Crippen molar-refractivity contribution in [3.63, 3.8) is 0 Å². The lowest BCUT2D eigenvalue weighted by Crippen LogP contribution is -2.70. The molecular weight excluding hydrogens is 476 g/mol. The second kappa shape index (κ2) is 11.9. The highest BCUT2D eigenvalue weighted by Gasteiger charge is 2.44. The highest BCUT2D eigenvalue weighted by atomic mass is 16.2. The molecule has 38 heavy (non-hydrogen) atoms. The van der Waals surface area contributed by atoms with E-state index in [9.17, 15) is 4.79 Å². The molecule has 0 spiro atoms. The topological polar surface area (TPSA) is 89.5 Å². The molecule has 9 nitrogen and oxygen atoms in total. The van der Waals surface area contributed by atoms with Crippen molar-refractivity contribution < 1.29 is 4.79 Å². The van der Waals surface area contributed by atoms with Gasteiger partial charge >= 0.3 is 0 Å². The number of aromatic nitrogens is 3. The Bertz CT molecular complexity index is 900. The zero-order valence-electron chi connectivity index (χ0n) is 25.0. The van der Waals surface area contributed by atoms with Crippen molar-refractivity contribution in [2.45, 2.75) is 111 Å². The van der Waals surface area contributed by atoms with Gasteiger partial charge in [-0.3, -0.25) is 10.1 Å². The molecule has 214 valence electrons. The predicted octanol–water partition coefficient (Wildman–Crippen LogP) is 4.30. The molecular formula is C29H52N8O. The Kier molecular flexibility index (Phi) is 9.05. The lowest BCUT2D eigenvalue weighted by atomic mass is 9.88. The third-order valence-corrected chi connectivity index (χ3v) is 8.21. The molecule has 2 unspecified atom stereocenters. The Balaban J connectivity index is 1.63. The van der Waals surface area contributed by atoms with Gasteiger partial charge in [-0.2, -0.15) is 15.0 Å². The van der Waals surface area contributed by atoms with Crippen LogP contribution in [0.5, 0.6) is 0 Å². The summed E-state index contributed by atoms with van der Waals surface area (Å²) in [7, 11) is 0. The van der Waals surface area contributed by atoms with Gasteiger partial charge in [-0.1, -0.05) is 20.8 Å². The van der Waals surface area contributed by atoms with Crippen LogP contribution in [-0.2, 0) is 4.79 Å². The van der Waals surface area contributed by atoms with Crippen molar-refractivity contribution >= 4 is 23.8 Å². The molecule has 3 saturated heterocycles. The largest absolute Gasteiger partial charge is 0.349 e. The molecule has 4 heterocycles. The average molecular weight is 529 g/mol. The van der Waals surface area contributed by atoms with Crippen molar-refractivity contribution in [2.75, 3.05) is 54.4 Å². The monoisotopic (exact) mass is 528 g/mol. The summed E-state index contributed by atoms with van der Waals surface area (Å²) in [6.07, 6.45) is 8.32. The smallest absolute Gasteiger partial charge is 0.242 e. The van der Waals surface area contributed by atoms with Crippen molar-refractivity contribution in [3.8, 4) is 0 Å². The van der Waals surface area contributed by atoms with Gasteiger partial charge in [0.1, 0.15) is 0 Å². The summed E-state index contributed by atoms with van der Waals surface area (Å²) < 4.78 is 0. The van der Waals surface area contributed by atoms with Crippen LogP contribution >= 0.6 is 0 Å². The van der Waals surface area contributed by atoms with E-state index < -0.39 is 5.54 Å². The summed E-state index contributed by atoms with van der Waals surface area (Å²) in [5, 5.41) is 7.26. The second-order valence-corrected chi connectivity index (χ2v) is 13.5. The fourth-order valence-corrected chi connectivity index (χ4v) is 6.60. The minimum Gasteiger partial charge on any atom is -0.349 e. The number of rotatable bonds is 9. The van der Waals surface area contributed by atoms with Crippen LogP contribution in [0.4, 0.5) is 17.8 Å². The quantitative estimate of drug-likeness (QED) is 0.490. The molecule has 0 aliphatic carbocycles. The van der Waals surface area contributed by atoms with Crippen molar-refractivity contribution in [2.24, 2.45) is 11.8 Å². The van der Waals surface area contributed by atoms with E-state index in [1.807, 2.05) is 18.7 Å². The van der Waals surface area contributed by atoms with Crippen LogP contribution in [0.25, 0.3) is 0 Å². The molecule has 3 aliphatic rings. The Morgan fingerprint density at radius 2 is 1.37 bits per heavy atom. The summed E-state index contributed by atoms with van der Waals surface area (Å²) in [6, 6.07) is 0.0388. The molecule has 4 rings (SSSR count). The molecule has 0 saturated carbocycles. The van der Waals surface area contributed by atoms with Crippen LogP contribution in [0.15, 0.2) is 0 Å². The fourth-order valence-electron chi connectivity index (χ4n) is 6.60. The van der Waals surface area contributed by atoms with Gasteiger partial charge < -0.3 is 20.0 Å². The molecule has 0 bridgehead atoms. The average Bonchev–Trinajstić information content (AvgIpc) is 2.86. The molecule has 1 amide bonds. The summed E-state index contributed by atoms with van der Waals surface area (Å²) in [5.74, 6) is 3.28. The van der Waals surface area contributed by atoms with E-state index in [2.05, 4.69) is 55.1 Å². The molecule has 1 aromatic rings. The summed E-state index contributed by atoms with van der Waals surface area (Å²) in [4.78, 5) is 35.1. The Morgan fingerprint density at radius 1 is 0.842 bits per heavy atom. The minimum absolute atomic E-state index is 0.0388. The Morgan fingerprint density at radius 3 is 1.87 bits per heavy atom. The lowest BCUT2D eigenvalue weighted by Gasteiger charge is -2.48. The highest BCUT2D eigenvalue weighted by molar-refractivity contribution is 5.86. The normalized spacial score (nSPS) is 23.5. The maximum atomic E-state index is 13.5. The standard InChI is InChI=1S/C29H52N8O/c1-21(2)18-22(3)23(19-37-20-28(4,5)34-29(6,7)24(37)38)30-25-31-26(35-14-10-8-11-15-35)33-27(32-25)36-16-12-9-13-17-36/h21-23,34H,8-20H2,1-7H3,(H,30,31,32,33). The lowest BCUT2D eigenvalue weighted by molar-refractivity contribution is -0.143. The zero-order chi connectivity index (χ0) is 27.5. The van der Waals surface area contributed by atoms with E-state index >= 15 is 0 Å². The first-order valence-corrected chi connectivity index (χ1v) is 15.0. The van der Waals surface area contributed by atoms with Crippen molar-refractivity contribution in [1.29, 1.82) is 0 Å². The number of nitrogens with one attached hydrogen (secondary N) is 2. The highest BCUT2D eigenvalue weighted by Crippen LogP contribution is 2.27. The first kappa shape index (κ1) is 28.8. The van der Waals surface area contributed by atoms with Gasteiger partial charge in [0.15, 0.2) is 0 Å². The number of carbonyl (C=O) groups excluding carboxylic acids is 1. The molecule has 3 aliphatic heterocycles. The number of hydrogen-bond acceptors (Lipinski definition) is 8. The van der Waals surface area contributed by atoms with E-state index in [1.165, 1.54) is 38.5 Å². The van der Waals surface area contributed by atoms with Crippen LogP contribution in [-0.4, -0.2) is 82.1 Å². The predicted molar refractivity (Wildman–Crippen MR) is 156 cm³/mol. The summed E-state index contributed by atoms with van der Waals surface area (Å²) in [6.45, 7) is 20.4. The summed E-state index contributed by atoms with van der Waals surface area (Å²) >= 11 is 0. The minimum atomic E-state index is -0.594. The first-order valence-electron chi connectivity index (χ1n) is 15.0. The van der Waals surface area contributed by atoms with Gasteiger partial charge in [0, 0.05) is 50.8 Å². The van der Waals surface area contributed by atoms with Gasteiger partial charge in [0.05, 0.1) is 5.54 Å². The van der Waals surface area contributed by atoms with E-state index in [1.54, 1.807) is 0 Å². The molecule has 3 fully saturated rings. The number of nitrogens with zero attached hydrogens (tertiary/aromatic N) is 6. The number of amides is 1. The number of anilines is 3. The molecule has 0 radical (unpaired) electrons. The second-order valence-electron chi connectivity index (χ2n) is 13.5. The fraction of sp³-hybridized carbons (Fsp3) is 0.862. The maximum Gasteiger partial charge on any atom is 0.242 e. The maximum absolute atomic E-state index is 13.5. The Hall–Kier alpha value is -2.16. The van der Waals surface area contributed by atoms with Gasteiger partial charge in [0.25, 0.3) is 0 Å². The van der Waals surface area contributed by atoms with Gasteiger partial charge in [-0.15, -0.1) is 0 Å². The molecule has 9 heteroatoms. The van der Waals surface area contributed by atoms with Crippen LogP contribution in [0, 0.1) is 11.8 Å². The van der Waals surface area contributed by atoms with E-state index in [0.29, 0.717) is 30.9 Å². The van der Waals surface area contributed by atoms with Crippen LogP contribution in [0.2, 0.25) is 0 Å². The van der Waals surface area contributed by atoms with E-state index in [0.717, 1.165) is 44.5 Å². The van der Waals surface area contributed by atoms with E-state index in [4.69, 9.17) is 15.0 Å². The van der Waals surface area contributed by atoms with Crippen LogP contribution < -0.4 is 20.4 Å². The van der Waals surface area contributed by atoms with Crippen LogP contribution in [0.3, 0.4) is 0 Å². The number of carbonyl (C=O) groups is 1. The molecule has 2 atom stereocenters. The molecule has 0 aromatic carbocycles. The molecule has 2 N–H and O–H groups in total. The zero-order valence-corrected chi connectivity index (χ0v) is 25.0. The van der Waals surface area contributed by atoms with Gasteiger partial charge in [-0.25, -0.2) is 0 Å². The third kappa shape index (κ3) is 7.27. The SMILES string of the molecule is CC(C)CC(C)C(CN1CC(C)(C)NC(C)(C)C1=O)Nc1nc(N2CCCCC2)nc(N2CCCCC2)n1. The van der Waals surface area contributed by atoms with Gasteiger partial charge in [0.2, 0.25) is 23.8 Å². The van der Waals surface area contributed by atoms with Crippen LogP contribution in [0.1, 0.15) is 93.4 Å². The number of piperidine rings is 2. The molecule has 1 aromatic heterocycles. The Labute approximate surface area is 230 Å². The first-order chi connectivity index (χ1) is 17.9. The van der Waals surface area contributed by atoms with Crippen molar-refractivity contribution in [3.05, 3.63) is 0 Å². The van der Waals surface area contributed by atoms with E-state index in [-0.39, 0.29) is 17.5 Å². The summed E-state index contributed by atoms with van der Waals surface area (Å²) in [5.41, 5.74) is -0.747. The number of hydrogen-bond donors (Lipinski definition) is 2.